The van der Waals surface area contributed by atoms with Gasteiger partial charge in [-0.3, -0.25) is 4.79 Å². The van der Waals surface area contributed by atoms with Crippen molar-refractivity contribution in [2.24, 2.45) is 0 Å². The topological polar surface area (TPSA) is 328 Å². The molecule has 20 nitrogen and oxygen atoms in total. The summed E-state index contributed by atoms with van der Waals surface area (Å²) in [4.78, 5) is 12.2. The molecule has 3 fully saturated rings. The highest BCUT2D eigenvalue weighted by molar-refractivity contribution is 5.76. The Morgan fingerprint density at radius 2 is 1.38 bits per heavy atom. The molecule has 1 aromatic rings. The Hall–Kier alpha value is -3.71. The van der Waals surface area contributed by atoms with Crippen LogP contribution in [0.2, 0.25) is 0 Å². The minimum Gasteiger partial charge on any atom is -0.507 e. The predicted octanol–water partition coefficient (Wildman–Crippen LogP) is -4.01. The molecule has 286 valence electrons. The number of aliphatic hydroxyl groups excluding tert-OH is 9. The molecule has 5 aliphatic rings. The summed E-state index contributed by atoms with van der Waals surface area (Å²) in [5, 5.41) is 124. The lowest BCUT2D eigenvalue weighted by Gasteiger charge is -2.45. The van der Waals surface area contributed by atoms with E-state index in [1.54, 1.807) is 0 Å². The quantitative estimate of drug-likeness (QED) is 0.0929. The second-order valence-electron chi connectivity index (χ2n) is 12.5. The lowest BCUT2D eigenvalue weighted by atomic mass is 9.97. The van der Waals surface area contributed by atoms with Crippen molar-refractivity contribution in [1.82, 2.24) is 0 Å². The first-order chi connectivity index (χ1) is 24.7. The van der Waals surface area contributed by atoms with E-state index in [0.29, 0.717) is 0 Å². The zero-order chi connectivity index (χ0) is 37.6. The Bertz CT molecular complexity index is 1720. The average Bonchev–Trinajstić information content (AvgIpc) is 3.11. The van der Waals surface area contributed by atoms with Crippen LogP contribution in [-0.4, -0.2) is 167 Å². The minimum atomic E-state index is -1.98. The van der Waals surface area contributed by atoms with E-state index in [9.17, 15) is 66.1 Å². The van der Waals surface area contributed by atoms with Gasteiger partial charge in [-0.05, 0) is 24.3 Å². The molecule has 0 aromatic heterocycles. The Morgan fingerprint density at radius 1 is 0.692 bits per heavy atom. The van der Waals surface area contributed by atoms with Gasteiger partial charge in [0.15, 0.2) is 47.1 Å². The first-order valence-electron chi connectivity index (χ1n) is 15.9. The Morgan fingerprint density at radius 3 is 2.10 bits per heavy atom. The van der Waals surface area contributed by atoms with Crippen LogP contribution in [0.1, 0.15) is 0 Å². The molecule has 0 radical (unpaired) electrons. The van der Waals surface area contributed by atoms with Crippen molar-refractivity contribution in [1.29, 1.82) is 0 Å². The molecule has 0 spiro atoms. The maximum Gasteiger partial charge on any atom is 0.229 e. The zero-order valence-electron chi connectivity index (χ0n) is 26.8. The van der Waals surface area contributed by atoms with Crippen molar-refractivity contribution in [3.8, 4) is 45.6 Å². The number of aliphatic hydroxyl groups is 9. The second kappa shape index (κ2) is 15.3. The lowest BCUT2D eigenvalue weighted by Crippen LogP contribution is -2.64. The molecule has 14 atom stereocenters. The van der Waals surface area contributed by atoms with E-state index in [4.69, 9.17) is 32.8 Å². The van der Waals surface area contributed by atoms with Crippen molar-refractivity contribution in [3.63, 3.8) is 0 Å². The standard InChI is InChI=1S/C32H38O20/c33-7-19-22(40)24(42)27(45)30(50-19)47-9-20-23(41)25(43)29(52-31-26(44)21(39)16(38)8-46-31)32(51-20)49-18-6-12-14(36)4-11(34)5-17(12)48-28(18)10-1-2-13(35)15(37)3-10/h1-6,16,19-27,29-33,35-45H,7-9H2/t16-,19-,20-,21+,22-,23-,24+,25+,26-,27-,29-,30-,31+,32-/m1/s1. The third-order valence-electron chi connectivity index (χ3n) is 8.95. The summed E-state index contributed by atoms with van der Waals surface area (Å²) in [6, 6.07) is 6.66. The van der Waals surface area contributed by atoms with Crippen LogP contribution in [0, 0.1) is 0 Å². The summed E-state index contributed by atoms with van der Waals surface area (Å²) >= 11 is 0. The number of phenolic OH excluding ortho intramolecular Hbond substituents is 3. The van der Waals surface area contributed by atoms with Crippen molar-refractivity contribution in [3.05, 3.63) is 46.6 Å². The normalized spacial score (nSPS) is 36.9. The largest absolute Gasteiger partial charge is 0.507 e. The molecule has 4 heterocycles. The van der Waals surface area contributed by atoms with Crippen LogP contribution >= 0.6 is 0 Å². The fourth-order valence-corrected chi connectivity index (χ4v) is 5.98. The molecule has 20 heteroatoms. The third-order valence-corrected chi connectivity index (χ3v) is 8.95. The molecule has 1 aliphatic carbocycles. The van der Waals surface area contributed by atoms with Crippen molar-refractivity contribution >= 4 is 0 Å². The van der Waals surface area contributed by atoms with Gasteiger partial charge in [-0.25, -0.2) is 0 Å². The summed E-state index contributed by atoms with van der Waals surface area (Å²) in [5.74, 6) is -2.26. The van der Waals surface area contributed by atoms with Crippen LogP contribution < -0.4 is 10.2 Å². The highest BCUT2D eigenvalue weighted by Crippen LogP contribution is 2.43. The maximum absolute atomic E-state index is 12.2. The van der Waals surface area contributed by atoms with Gasteiger partial charge in [0, 0.05) is 17.7 Å². The molecular formula is C32H38O20. The molecule has 0 bridgehead atoms. The van der Waals surface area contributed by atoms with Gasteiger partial charge in [-0.1, -0.05) is 0 Å². The van der Waals surface area contributed by atoms with E-state index in [0.717, 1.165) is 24.3 Å². The van der Waals surface area contributed by atoms with Crippen molar-refractivity contribution in [2.75, 3.05) is 19.8 Å². The number of rotatable bonds is 9. The van der Waals surface area contributed by atoms with Gasteiger partial charge in [-0.2, -0.15) is 0 Å². The molecule has 0 amide bonds. The van der Waals surface area contributed by atoms with Gasteiger partial charge in [0.25, 0.3) is 0 Å². The van der Waals surface area contributed by atoms with Gasteiger partial charge >= 0.3 is 0 Å². The summed E-state index contributed by atoms with van der Waals surface area (Å²) in [6.07, 6.45) is -24.2. The van der Waals surface area contributed by atoms with Crippen LogP contribution in [-0.2, 0) is 23.7 Å². The van der Waals surface area contributed by atoms with Crippen LogP contribution in [0.5, 0.6) is 23.0 Å². The van der Waals surface area contributed by atoms with E-state index in [-0.39, 0.29) is 28.4 Å². The Balaban J connectivity index is 1.36. The van der Waals surface area contributed by atoms with Crippen LogP contribution in [0.4, 0.5) is 0 Å². The van der Waals surface area contributed by atoms with E-state index >= 15 is 0 Å². The van der Waals surface area contributed by atoms with Crippen LogP contribution in [0.3, 0.4) is 0 Å². The van der Waals surface area contributed by atoms with E-state index in [1.165, 1.54) is 12.1 Å². The number of fused-ring (bicyclic) bond motifs is 1. The molecular weight excluding hydrogens is 704 g/mol. The van der Waals surface area contributed by atoms with Gasteiger partial charge in [0.2, 0.25) is 6.29 Å². The molecule has 6 rings (SSSR count). The molecule has 3 saturated heterocycles. The zero-order valence-corrected chi connectivity index (χ0v) is 26.8. The maximum atomic E-state index is 12.2. The number of phenols is 3. The molecule has 1 aromatic carbocycles. The van der Waals surface area contributed by atoms with Crippen molar-refractivity contribution in [2.45, 2.75) is 86.0 Å². The number of hydrogen-bond donors (Lipinski definition) is 12. The Labute approximate surface area is 292 Å². The highest BCUT2D eigenvalue weighted by atomic mass is 16.8. The number of benzene rings is 2. The van der Waals surface area contributed by atoms with Gasteiger partial charge < -0.3 is 94.1 Å². The van der Waals surface area contributed by atoms with Crippen LogP contribution in [0.15, 0.2) is 45.6 Å². The first-order valence-corrected chi connectivity index (χ1v) is 15.9. The lowest BCUT2D eigenvalue weighted by molar-refractivity contribution is -0.353. The van der Waals surface area contributed by atoms with Crippen LogP contribution in [0.25, 0.3) is 22.6 Å². The number of aromatic hydroxyl groups is 3. The number of ether oxygens (including phenoxy) is 6. The van der Waals surface area contributed by atoms with E-state index in [2.05, 4.69) is 0 Å². The number of hydrogen-bond acceptors (Lipinski definition) is 20. The Kier molecular flexibility index (Phi) is 11.2. The average molecular weight is 743 g/mol. The first kappa shape index (κ1) is 38.0. The third kappa shape index (κ3) is 7.40. The molecule has 0 saturated carbocycles. The molecule has 52 heavy (non-hydrogen) atoms. The van der Waals surface area contributed by atoms with E-state index in [1.807, 2.05) is 0 Å². The highest BCUT2D eigenvalue weighted by Gasteiger charge is 2.51. The smallest absolute Gasteiger partial charge is 0.229 e. The van der Waals surface area contributed by atoms with E-state index < -0.39 is 129 Å². The molecule has 0 unspecified atom stereocenters. The molecule has 4 aliphatic heterocycles. The monoisotopic (exact) mass is 742 g/mol. The predicted molar refractivity (Wildman–Crippen MR) is 166 cm³/mol. The SMILES string of the molecule is O=c1cc2oc(-c3ccc(O)c(O)c3)c(O[C@@H]3O[C@H](CO[C@@H]4O[C@H](CO)[C@@H](O)[C@H](O)[C@H]4O)[C@@H](O)[C@H](O)[C@H]3O[C@@H]3OC[C@@H](O)[C@H](O)[C@H]3O)cc-2c(O)c1. The summed E-state index contributed by atoms with van der Waals surface area (Å²) < 4.78 is 39.9. The fourth-order valence-electron chi connectivity index (χ4n) is 5.98. The summed E-state index contributed by atoms with van der Waals surface area (Å²) in [6.45, 7) is -1.96. The van der Waals surface area contributed by atoms with Gasteiger partial charge in [0.05, 0.1) is 25.4 Å². The minimum absolute atomic E-state index is 0.0548. The summed E-state index contributed by atoms with van der Waals surface area (Å²) in [5.41, 5.74) is -0.618. The van der Waals surface area contributed by atoms with Crippen molar-refractivity contribution < 1.29 is 94.1 Å². The van der Waals surface area contributed by atoms with Gasteiger partial charge in [0.1, 0.15) is 72.5 Å². The summed E-state index contributed by atoms with van der Waals surface area (Å²) in [7, 11) is 0. The second-order valence-corrected chi connectivity index (χ2v) is 12.5. The molecule has 12 N–H and O–H groups in total. The fraction of sp³-hybridized carbons (Fsp3) is 0.531. The van der Waals surface area contributed by atoms with Gasteiger partial charge in [-0.15, -0.1) is 0 Å².